The minimum Gasteiger partial charge on any atom is -0.387 e. The summed E-state index contributed by atoms with van der Waals surface area (Å²) in [4.78, 5) is 1.85. The van der Waals surface area contributed by atoms with Crippen molar-refractivity contribution in [2.45, 2.75) is 20.0 Å². The van der Waals surface area contributed by atoms with Crippen LogP contribution in [0.1, 0.15) is 22.8 Å². The molecule has 0 amide bonds. The Balaban J connectivity index is 2.10. The van der Waals surface area contributed by atoms with Crippen LogP contribution < -0.4 is 4.90 Å². The van der Waals surface area contributed by atoms with Gasteiger partial charge in [0.15, 0.2) is 0 Å². The van der Waals surface area contributed by atoms with Gasteiger partial charge in [-0.05, 0) is 48.7 Å². The molecule has 0 saturated heterocycles. The van der Waals surface area contributed by atoms with Gasteiger partial charge in [0.2, 0.25) is 0 Å². The van der Waals surface area contributed by atoms with Crippen LogP contribution in [0.15, 0.2) is 42.5 Å². The van der Waals surface area contributed by atoms with E-state index in [1.54, 1.807) is 6.07 Å². The summed E-state index contributed by atoms with van der Waals surface area (Å²) in [6, 6.07) is 12.3. The Labute approximate surface area is 119 Å². The zero-order valence-corrected chi connectivity index (χ0v) is 12.1. The first-order valence-electron chi connectivity index (χ1n) is 6.69. The summed E-state index contributed by atoms with van der Waals surface area (Å²) in [6.07, 6.45) is -0.595. The summed E-state index contributed by atoms with van der Waals surface area (Å²) >= 11 is 0. The average molecular weight is 273 g/mol. The molecule has 0 aromatic heterocycles. The molecule has 0 aliphatic rings. The third kappa shape index (κ3) is 3.36. The van der Waals surface area contributed by atoms with E-state index >= 15 is 0 Å². The van der Waals surface area contributed by atoms with Gasteiger partial charge < -0.3 is 10.0 Å². The second kappa shape index (κ2) is 6.06. The maximum atomic E-state index is 13.2. The standard InChI is InChI=1S/C17H20FNO/c1-12-7-8-14(9-13(12)2)17(20)11-19(3)16-6-4-5-15(18)10-16/h4-10,17,20H,11H2,1-3H3. The Bertz CT molecular complexity index is 597. The van der Waals surface area contributed by atoms with Gasteiger partial charge in [0.25, 0.3) is 0 Å². The van der Waals surface area contributed by atoms with Crippen LogP contribution in [-0.2, 0) is 0 Å². The molecule has 2 rings (SSSR count). The van der Waals surface area contributed by atoms with Crippen molar-refractivity contribution in [2.24, 2.45) is 0 Å². The molecule has 0 bridgehead atoms. The van der Waals surface area contributed by atoms with Crippen molar-refractivity contribution in [3.05, 3.63) is 65.0 Å². The SMILES string of the molecule is Cc1ccc(C(O)CN(C)c2cccc(F)c2)cc1C. The summed E-state index contributed by atoms with van der Waals surface area (Å²) < 4.78 is 13.2. The van der Waals surface area contributed by atoms with Crippen LogP contribution in [-0.4, -0.2) is 18.7 Å². The van der Waals surface area contributed by atoms with Gasteiger partial charge in [0.05, 0.1) is 6.10 Å². The van der Waals surface area contributed by atoms with Gasteiger partial charge in [-0.3, -0.25) is 0 Å². The van der Waals surface area contributed by atoms with Gasteiger partial charge in [-0.2, -0.15) is 0 Å². The normalized spacial score (nSPS) is 12.2. The molecular weight excluding hydrogens is 253 g/mol. The van der Waals surface area contributed by atoms with Gasteiger partial charge >= 0.3 is 0 Å². The van der Waals surface area contributed by atoms with Gasteiger partial charge in [-0.15, -0.1) is 0 Å². The van der Waals surface area contributed by atoms with Crippen LogP contribution in [0.2, 0.25) is 0 Å². The van der Waals surface area contributed by atoms with Crippen LogP contribution >= 0.6 is 0 Å². The number of halogens is 1. The second-order valence-corrected chi connectivity index (χ2v) is 5.22. The van der Waals surface area contributed by atoms with Crippen LogP contribution in [0.3, 0.4) is 0 Å². The number of hydrogen-bond donors (Lipinski definition) is 1. The van der Waals surface area contributed by atoms with E-state index < -0.39 is 6.10 Å². The van der Waals surface area contributed by atoms with Gasteiger partial charge in [0.1, 0.15) is 5.82 Å². The molecule has 3 heteroatoms. The number of likely N-dealkylation sites (N-methyl/N-ethyl adjacent to an activating group) is 1. The highest BCUT2D eigenvalue weighted by Gasteiger charge is 2.12. The molecule has 0 heterocycles. The first-order chi connectivity index (χ1) is 9.47. The van der Waals surface area contributed by atoms with Crippen molar-refractivity contribution in [1.82, 2.24) is 0 Å². The molecule has 0 spiro atoms. The molecular formula is C17H20FNO. The predicted octanol–water partition coefficient (Wildman–Crippen LogP) is 3.61. The molecule has 0 saturated carbocycles. The molecule has 2 aromatic carbocycles. The van der Waals surface area contributed by atoms with Crippen molar-refractivity contribution in [3.8, 4) is 0 Å². The van der Waals surface area contributed by atoms with Crippen LogP contribution in [0, 0.1) is 19.7 Å². The van der Waals surface area contributed by atoms with E-state index in [1.807, 2.05) is 50.1 Å². The highest BCUT2D eigenvalue weighted by molar-refractivity contribution is 5.46. The van der Waals surface area contributed by atoms with Crippen LogP contribution in [0.25, 0.3) is 0 Å². The van der Waals surface area contributed by atoms with E-state index in [-0.39, 0.29) is 5.82 Å². The Hall–Kier alpha value is -1.87. The van der Waals surface area contributed by atoms with E-state index in [0.717, 1.165) is 16.8 Å². The smallest absolute Gasteiger partial charge is 0.125 e. The second-order valence-electron chi connectivity index (χ2n) is 5.22. The molecule has 1 atom stereocenters. The van der Waals surface area contributed by atoms with Crippen molar-refractivity contribution in [1.29, 1.82) is 0 Å². The zero-order valence-electron chi connectivity index (χ0n) is 12.1. The number of aliphatic hydroxyl groups is 1. The number of aliphatic hydroxyl groups excluding tert-OH is 1. The van der Waals surface area contributed by atoms with Crippen LogP contribution in [0.4, 0.5) is 10.1 Å². The molecule has 0 fully saturated rings. The lowest BCUT2D eigenvalue weighted by Crippen LogP contribution is -2.24. The molecule has 20 heavy (non-hydrogen) atoms. The minimum atomic E-state index is -0.595. The number of anilines is 1. The lowest BCUT2D eigenvalue weighted by molar-refractivity contribution is 0.185. The maximum absolute atomic E-state index is 13.2. The number of hydrogen-bond acceptors (Lipinski definition) is 2. The Morgan fingerprint density at radius 1 is 1.10 bits per heavy atom. The first kappa shape index (κ1) is 14.5. The van der Waals surface area contributed by atoms with Crippen molar-refractivity contribution in [2.75, 3.05) is 18.5 Å². The Morgan fingerprint density at radius 3 is 2.50 bits per heavy atom. The molecule has 1 N–H and O–H groups in total. The van der Waals surface area contributed by atoms with Crippen molar-refractivity contribution < 1.29 is 9.50 Å². The summed E-state index contributed by atoms with van der Waals surface area (Å²) in [6.45, 7) is 4.50. The van der Waals surface area contributed by atoms with Crippen LogP contribution in [0.5, 0.6) is 0 Å². The van der Waals surface area contributed by atoms with E-state index in [0.29, 0.717) is 6.54 Å². The van der Waals surface area contributed by atoms with Crippen molar-refractivity contribution >= 4 is 5.69 Å². The zero-order chi connectivity index (χ0) is 14.7. The number of benzene rings is 2. The van der Waals surface area contributed by atoms with E-state index in [2.05, 4.69) is 0 Å². The van der Waals surface area contributed by atoms with E-state index in [4.69, 9.17) is 0 Å². The number of nitrogens with zero attached hydrogens (tertiary/aromatic N) is 1. The van der Waals surface area contributed by atoms with Crippen molar-refractivity contribution in [3.63, 3.8) is 0 Å². The quantitative estimate of drug-likeness (QED) is 0.920. The maximum Gasteiger partial charge on any atom is 0.125 e. The fraction of sp³-hybridized carbons (Fsp3) is 0.294. The fourth-order valence-corrected chi connectivity index (χ4v) is 2.16. The molecule has 1 unspecified atom stereocenters. The molecule has 0 aliphatic carbocycles. The monoisotopic (exact) mass is 273 g/mol. The molecule has 2 aromatic rings. The van der Waals surface area contributed by atoms with E-state index in [1.165, 1.54) is 17.7 Å². The third-order valence-electron chi connectivity index (χ3n) is 3.61. The first-order valence-corrected chi connectivity index (χ1v) is 6.69. The number of rotatable bonds is 4. The predicted molar refractivity (Wildman–Crippen MR) is 80.5 cm³/mol. The summed E-state index contributed by atoms with van der Waals surface area (Å²) in [5.74, 6) is -0.268. The molecule has 106 valence electrons. The Morgan fingerprint density at radius 2 is 1.85 bits per heavy atom. The topological polar surface area (TPSA) is 23.5 Å². The number of aryl methyl sites for hydroxylation is 2. The lowest BCUT2D eigenvalue weighted by Gasteiger charge is -2.23. The van der Waals surface area contributed by atoms with Gasteiger partial charge in [0, 0.05) is 19.3 Å². The van der Waals surface area contributed by atoms with E-state index in [9.17, 15) is 9.50 Å². The molecule has 0 radical (unpaired) electrons. The largest absolute Gasteiger partial charge is 0.387 e. The highest BCUT2D eigenvalue weighted by atomic mass is 19.1. The lowest BCUT2D eigenvalue weighted by atomic mass is 10.0. The van der Waals surface area contributed by atoms with Gasteiger partial charge in [-0.1, -0.05) is 24.3 Å². The summed E-state index contributed by atoms with van der Waals surface area (Å²) in [5, 5.41) is 10.3. The van der Waals surface area contributed by atoms with Gasteiger partial charge in [-0.25, -0.2) is 4.39 Å². The highest BCUT2D eigenvalue weighted by Crippen LogP contribution is 2.21. The minimum absolute atomic E-state index is 0.268. The average Bonchev–Trinajstić information content (AvgIpc) is 2.41. The fourth-order valence-electron chi connectivity index (χ4n) is 2.16. The Kier molecular flexibility index (Phi) is 4.40. The third-order valence-corrected chi connectivity index (χ3v) is 3.61. The summed E-state index contributed by atoms with van der Waals surface area (Å²) in [5.41, 5.74) is 4.01. The molecule has 2 nitrogen and oxygen atoms in total. The molecule has 0 aliphatic heterocycles. The summed E-state index contributed by atoms with van der Waals surface area (Å²) in [7, 11) is 1.85.